The van der Waals surface area contributed by atoms with Crippen molar-refractivity contribution in [3.8, 4) is 69.0 Å². The van der Waals surface area contributed by atoms with Gasteiger partial charge in [-0.3, -0.25) is 0 Å². The molecule has 45 heavy (non-hydrogen) atoms. The van der Waals surface area contributed by atoms with Crippen molar-refractivity contribution >= 4 is 46.3 Å². The maximum Gasteiger partial charge on any atom is 0.251 e. The molecule has 0 spiro atoms. The molecule has 0 aliphatic carbocycles. The highest BCUT2D eigenvalue weighted by atomic mass is 31.2. The Morgan fingerprint density at radius 2 is 0.556 bits per heavy atom. The molecule has 6 aliphatic heterocycles. The van der Waals surface area contributed by atoms with Gasteiger partial charge in [-0.2, -0.15) is 0 Å². The van der Waals surface area contributed by atoms with E-state index in [2.05, 4.69) is 0 Å². The van der Waals surface area contributed by atoms with Crippen molar-refractivity contribution < 1.29 is 28.4 Å². The molecule has 6 aromatic carbocycles. The fourth-order valence-corrected chi connectivity index (χ4v) is 18.1. The smallest absolute Gasteiger partial charge is 0.251 e. The third-order valence-electron chi connectivity index (χ3n) is 9.30. The van der Waals surface area contributed by atoms with Gasteiger partial charge in [-0.25, -0.2) is 0 Å². The van der Waals surface area contributed by atoms with Crippen molar-refractivity contribution in [3.05, 3.63) is 109 Å². The van der Waals surface area contributed by atoms with Gasteiger partial charge in [0.2, 0.25) is 15.9 Å². The maximum absolute atomic E-state index is 6.66. The minimum absolute atomic E-state index is 0.750. The molecule has 9 heteroatoms. The first-order valence-electron chi connectivity index (χ1n) is 14.7. The third kappa shape index (κ3) is 2.50. The lowest BCUT2D eigenvalue weighted by Crippen LogP contribution is -2.44. The summed E-state index contributed by atoms with van der Waals surface area (Å²) in [6.07, 6.45) is 0. The SMILES string of the molecule is c1cc2c3c(c1)Oc1cccc4c1P3(=N[P+]13c5c6cccc5Oc5cccc(c51)Oc1cccc(c13)O6)c1c(cccc1O4)O2. The number of benzene rings is 6. The van der Waals surface area contributed by atoms with E-state index >= 15 is 0 Å². The van der Waals surface area contributed by atoms with Crippen LogP contribution in [0.15, 0.2) is 114 Å². The summed E-state index contributed by atoms with van der Waals surface area (Å²) in [6.45, 7) is 0. The first-order valence-corrected chi connectivity index (χ1v) is 18.1. The third-order valence-corrected chi connectivity index (χ3v) is 18.0. The minimum Gasteiger partial charge on any atom is -0.456 e. The number of hydrogen-bond donors (Lipinski definition) is 0. The molecule has 0 bridgehead atoms. The Bertz CT molecular complexity index is 2100. The summed E-state index contributed by atoms with van der Waals surface area (Å²) in [6, 6.07) is 36.2. The minimum atomic E-state index is -2.92. The molecule has 0 saturated heterocycles. The van der Waals surface area contributed by atoms with Gasteiger partial charge in [0, 0.05) is 0 Å². The summed E-state index contributed by atoms with van der Waals surface area (Å²) in [5.41, 5.74) is 0. The Hall–Kier alpha value is -5.22. The zero-order valence-electron chi connectivity index (χ0n) is 23.2. The van der Waals surface area contributed by atoms with Gasteiger partial charge >= 0.3 is 0 Å². The molecular formula is C36H18NO6P2+. The van der Waals surface area contributed by atoms with Crippen LogP contribution in [0.4, 0.5) is 0 Å². The topological polar surface area (TPSA) is 67.7 Å². The standard InChI is InChI=1S/C36H18NO6P2/c1-7-19-31-20(8-1)39-22-10-3-12-24-33(22)44(31,32-21(38-19)9-2-11-23(32)40-24)37-45-34-25-13-4-14-26(34)42-28-16-6-18-30(36(28)45)43-29-17-5-15-27(41-25)35(29)45/h1-18H/q+1. The lowest BCUT2D eigenvalue weighted by molar-refractivity contribution is 0.444. The molecule has 6 aromatic rings. The van der Waals surface area contributed by atoms with E-state index in [-0.39, 0.29) is 0 Å². The Morgan fingerprint density at radius 3 is 0.822 bits per heavy atom. The van der Waals surface area contributed by atoms with E-state index in [0.717, 1.165) is 101 Å². The monoisotopic (exact) mass is 622 g/mol. The van der Waals surface area contributed by atoms with Crippen LogP contribution in [0.5, 0.6) is 69.0 Å². The van der Waals surface area contributed by atoms with E-state index in [9.17, 15) is 0 Å². The quantitative estimate of drug-likeness (QED) is 0.175. The normalized spacial score (nSPS) is 17.0. The summed E-state index contributed by atoms with van der Waals surface area (Å²) in [7, 11) is -5.85. The summed E-state index contributed by atoms with van der Waals surface area (Å²) < 4.78 is 46.5. The van der Waals surface area contributed by atoms with Gasteiger partial charge in [-0.1, -0.05) is 36.4 Å². The van der Waals surface area contributed by atoms with Crippen LogP contribution >= 0.6 is 14.5 Å². The highest BCUT2D eigenvalue weighted by molar-refractivity contribution is 8.02. The van der Waals surface area contributed by atoms with Gasteiger partial charge in [-0.05, 0) is 72.8 Å². The Labute approximate surface area is 256 Å². The fourth-order valence-electron chi connectivity index (χ4n) is 7.77. The Balaban J connectivity index is 1.39. The molecule has 212 valence electrons. The zero-order valence-corrected chi connectivity index (χ0v) is 25.0. The Kier molecular flexibility index (Phi) is 3.88. The molecule has 12 rings (SSSR count). The van der Waals surface area contributed by atoms with Crippen LogP contribution in [-0.2, 0) is 0 Å². The van der Waals surface area contributed by atoms with Crippen LogP contribution in [0.3, 0.4) is 0 Å². The summed E-state index contributed by atoms with van der Waals surface area (Å²) in [5.74, 6) is 9.00. The predicted molar refractivity (Wildman–Crippen MR) is 173 cm³/mol. The number of hydrogen-bond acceptors (Lipinski definition) is 7. The lowest BCUT2D eigenvalue weighted by atomic mass is 10.2. The largest absolute Gasteiger partial charge is 0.456 e. The van der Waals surface area contributed by atoms with Crippen LogP contribution in [0, 0.1) is 0 Å². The van der Waals surface area contributed by atoms with Crippen LogP contribution in [0.2, 0.25) is 0 Å². The number of rotatable bonds is 1. The second kappa shape index (κ2) is 7.52. The van der Waals surface area contributed by atoms with E-state index in [4.69, 9.17) is 32.9 Å². The average Bonchev–Trinajstić information content (AvgIpc) is 3.05. The van der Waals surface area contributed by atoms with Gasteiger partial charge in [0.25, 0.3) is 7.41 Å². The van der Waals surface area contributed by atoms with Crippen molar-refractivity contribution in [1.82, 2.24) is 0 Å². The second-order valence-corrected chi connectivity index (χ2v) is 17.5. The lowest BCUT2D eigenvalue weighted by Gasteiger charge is -2.44. The average molecular weight is 622 g/mol. The highest BCUT2D eigenvalue weighted by Crippen LogP contribution is 2.79. The van der Waals surface area contributed by atoms with Crippen molar-refractivity contribution in [2.75, 3.05) is 0 Å². The molecule has 0 fully saturated rings. The molecule has 6 aliphatic rings. The van der Waals surface area contributed by atoms with E-state index in [1.165, 1.54) is 0 Å². The second-order valence-electron chi connectivity index (χ2n) is 11.6. The number of nitrogens with zero attached hydrogens (tertiary/aromatic N) is 1. The molecule has 7 nitrogen and oxygen atoms in total. The van der Waals surface area contributed by atoms with Crippen molar-refractivity contribution in [2.24, 2.45) is 4.52 Å². The summed E-state index contributed by atoms with van der Waals surface area (Å²) in [5, 5.41) is 5.83. The molecule has 0 amide bonds. The molecule has 0 radical (unpaired) electrons. The predicted octanol–water partition coefficient (Wildman–Crippen LogP) is 7.71. The zero-order chi connectivity index (χ0) is 29.1. The van der Waals surface area contributed by atoms with Crippen LogP contribution in [0.25, 0.3) is 0 Å². The van der Waals surface area contributed by atoms with E-state index < -0.39 is 14.5 Å². The Morgan fingerprint density at radius 1 is 0.333 bits per heavy atom. The van der Waals surface area contributed by atoms with Gasteiger partial charge in [-0.15, -0.1) is 4.52 Å². The molecule has 0 saturated carbocycles. The summed E-state index contributed by atoms with van der Waals surface area (Å²) >= 11 is 0. The molecule has 0 atom stereocenters. The van der Waals surface area contributed by atoms with Gasteiger partial charge < -0.3 is 28.4 Å². The molecule has 6 heterocycles. The van der Waals surface area contributed by atoms with Crippen molar-refractivity contribution in [3.63, 3.8) is 0 Å². The van der Waals surface area contributed by atoms with Crippen LogP contribution in [0.1, 0.15) is 0 Å². The molecule has 0 unspecified atom stereocenters. The van der Waals surface area contributed by atoms with Gasteiger partial charge in [0.1, 0.15) is 41.6 Å². The summed E-state index contributed by atoms with van der Waals surface area (Å²) in [4.78, 5) is 0. The van der Waals surface area contributed by atoms with E-state index in [1.54, 1.807) is 0 Å². The van der Waals surface area contributed by atoms with Crippen LogP contribution < -0.4 is 60.2 Å². The van der Waals surface area contributed by atoms with Crippen molar-refractivity contribution in [1.29, 1.82) is 0 Å². The first-order chi connectivity index (χ1) is 22.2. The maximum atomic E-state index is 6.66. The van der Waals surface area contributed by atoms with E-state index in [1.807, 2.05) is 109 Å². The van der Waals surface area contributed by atoms with Crippen molar-refractivity contribution in [2.45, 2.75) is 0 Å². The molecule has 0 N–H and O–H groups in total. The molecule has 0 aromatic heterocycles. The number of ether oxygens (including phenoxy) is 6. The van der Waals surface area contributed by atoms with Gasteiger partial charge in [0.05, 0.1) is 15.9 Å². The fraction of sp³-hybridized carbons (Fsp3) is 0. The first kappa shape index (κ1) is 23.2. The van der Waals surface area contributed by atoms with Gasteiger partial charge in [0.15, 0.2) is 34.5 Å². The van der Waals surface area contributed by atoms with Crippen LogP contribution in [-0.4, -0.2) is 0 Å². The highest BCUT2D eigenvalue weighted by Gasteiger charge is 2.67. The molecular weight excluding hydrogens is 604 g/mol. The van der Waals surface area contributed by atoms with E-state index in [0.29, 0.717) is 0 Å².